The molecule has 0 aromatic rings. The topological polar surface area (TPSA) is 154 Å². The van der Waals surface area contributed by atoms with Gasteiger partial charge in [-0.05, 0) is 65.3 Å². The molecule has 4 rings (SSSR count). The number of nitrogens with one attached hydrogen (secondary N) is 1. The minimum absolute atomic E-state index is 0.154. The third-order valence-electron chi connectivity index (χ3n) is 5.74. The Morgan fingerprint density at radius 3 is 1.91 bits per heavy atom. The van der Waals surface area contributed by atoms with Gasteiger partial charge in [0.25, 0.3) is 0 Å². The lowest BCUT2D eigenvalue weighted by Gasteiger charge is -2.25. The Morgan fingerprint density at radius 1 is 1.00 bits per heavy atom. The van der Waals surface area contributed by atoms with E-state index in [0.717, 1.165) is 39.0 Å². The summed E-state index contributed by atoms with van der Waals surface area (Å²) in [7, 11) is -7.94. The third-order valence-corrected chi connectivity index (χ3v) is 9.37. The van der Waals surface area contributed by atoms with E-state index in [4.69, 9.17) is 19.4 Å². The van der Waals surface area contributed by atoms with Crippen LogP contribution in [-0.2, 0) is 29.2 Å². The summed E-state index contributed by atoms with van der Waals surface area (Å²) in [6, 6.07) is 0.664. The second-order valence-corrected chi connectivity index (χ2v) is 18.1. The van der Waals surface area contributed by atoms with E-state index in [1.54, 1.807) is 0 Å². The van der Waals surface area contributed by atoms with Crippen molar-refractivity contribution in [2.24, 2.45) is 10.3 Å². The molecule has 0 aromatic carbocycles. The van der Waals surface area contributed by atoms with Gasteiger partial charge >= 0.3 is 0 Å². The molecule has 2 unspecified atom stereocenters. The number of primary sulfonamides is 2. The summed E-state index contributed by atoms with van der Waals surface area (Å²) >= 11 is 0. The van der Waals surface area contributed by atoms with Crippen LogP contribution in [0.5, 0.6) is 0 Å². The Labute approximate surface area is 195 Å². The maximum Gasteiger partial charge on any atom is 0.213 e. The average molecular weight is 515 g/mol. The third kappa shape index (κ3) is 10.0. The van der Waals surface area contributed by atoms with E-state index in [2.05, 4.69) is 29.9 Å². The lowest BCUT2D eigenvalue weighted by atomic mass is 10.4. The summed E-state index contributed by atoms with van der Waals surface area (Å²) in [5.41, 5.74) is 0. The summed E-state index contributed by atoms with van der Waals surface area (Å²) in [5.74, 6) is -0.154. The fourth-order valence-corrected chi connectivity index (χ4v) is 6.91. The molecule has 10 nitrogen and oxygen atoms in total. The van der Waals surface area contributed by atoms with Gasteiger partial charge in [-0.15, -0.1) is 0 Å². The normalized spacial score (nSPS) is 27.8. The number of ether oxygens (including phenoxy) is 1. The number of nitrogens with zero attached hydrogens (tertiary/aromatic N) is 1. The van der Waals surface area contributed by atoms with Gasteiger partial charge in [0, 0.05) is 38.6 Å². The Kier molecular flexibility index (Phi) is 9.73. The molecule has 2 aliphatic carbocycles. The molecule has 2 saturated carbocycles. The van der Waals surface area contributed by atoms with E-state index in [1.165, 1.54) is 12.8 Å². The minimum atomic E-state index is -3.28. The van der Waals surface area contributed by atoms with Gasteiger partial charge in [-0.3, -0.25) is 4.90 Å². The molecule has 0 aromatic heterocycles. The molecule has 0 spiro atoms. The quantitative estimate of drug-likeness (QED) is 0.328. The lowest BCUT2D eigenvalue weighted by Crippen LogP contribution is -2.34. The highest BCUT2D eigenvalue weighted by Crippen LogP contribution is 2.42. The first-order chi connectivity index (χ1) is 14.7. The second kappa shape index (κ2) is 11.1. The van der Waals surface area contributed by atoms with Gasteiger partial charge in [0.2, 0.25) is 20.0 Å². The molecule has 13 heteroatoms. The summed E-state index contributed by atoms with van der Waals surface area (Å²) in [4.78, 5) is 2.25. The average Bonchev–Trinajstić information content (AvgIpc) is 3.47. The van der Waals surface area contributed by atoms with Crippen molar-refractivity contribution in [2.45, 2.75) is 87.4 Å². The molecule has 190 valence electrons. The monoisotopic (exact) mass is 514 g/mol. The highest BCUT2D eigenvalue weighted by Gasteiger charge is 2.47. The molecule has 5 N–H and O–H groups in total. The molecule has 2 atom stereocenters. The zero-order valence-corrected chi connectivity index (χ0v) is 22.5. The van der Waals surface area contributed by atoms with Crippen LogP contribution in [0.2, 0.25) is 19.6 Å². The fourth-order valence-electron chi connectivity index (χ4n) is 3.90. The number of rotatable bonds is 7. The van der Waals surface area contributed by atoms with Crippen molar-refractivity contribution in [1.82, 2.24) is 10.2 Å². The molecule has 2 saturated heterocycles. The highest BCUT2D eigenvalue weighted by molar-refractivity contribution is 7.90. The van der Waals surface area contributed by atoms with Gasteiger partial charge in [-0.1, -0.05) is 0 Å². The molecule has 2 heterocycles. The molecule has 0 amide bonds. The van der Waals surface area contributed by atoms with Crippen LogP contribution in [0, 0.1) is 0 Å². The van der Waals surface area contributed by atoms with Crippen molar-refractivity contribution in [1.29, 1.82) is 0 Å². The first-order valence-corrected chi connectivity index (χ1v) is 18.1. The predicted molar refractivity (Wildman–Crippen MR) is 129 cm³/mol. The van der Waals surface area contributed by atoms with Crippen molar-refractivity contribution in [2.75, 3.05) is 32.8 Å². The molecule has 32 heavy (non-hydrogen) atoms. The number of hydrogen-bond acceptors (Lipinski definition) is 8. The van der Waals surface area contributed by atoms with Crippen LogP contribution in [0.4, 0.5) is 0 Å². The van der Waals surface area contributed by atoms with Crippen molar-refractivity contribution < 1.29 is 26.0 Å². The summed E-state index contributed by atoms with van der Waals surface area (Å²) < 4.78 is 54.5. The van der Waals surface area contributed by atoms with Crippen molar-refractivity contribution in [3.8, 4) is 0 Å². The van der Waals surface area contributed by atoms with Gasteiger partial charge in [-0.2, -0.15) is 0 Å². The van der Waals surface area contributed by atoms with Crippen LogP contribution < -0.4 is 15.6 Å². The van der Waals surface area contributed by atoms with Crippen LogP contribution >= 0.6 is 0 Å². The first kappa shape index (κ1) is 28.1. The second-order valence-electron chi connectivity index (χ2n) is 9.99. The van der Waals surface area contributed by atoms with E-state index in [-0.39, 0.29) is 16.3 Å². The van der Waals surface area contributed by atoms with E-state index in [9.17, 15) is 16.8 Å². The number of hydrogen-bond donors (Lipinski definition) is 3. The lowest BCUT2D eigenvalue weighted by molar-refractivity contribution is -0.106. The van der Waals surface area contributed by atoms with E-state index in [1.807, 2.05) is 6.92 Å². The van der Waals surface area contributed by atoms with Gasteiger partial charge < -0.3 is 14.5 Å². The van der Waals surface area contributed by atoms with Crippen LogP contribution in [0.3, 0.4) is 0 Å². The molecule has 0 bridgehead atoms. The van der Waals surface area contributed by atoms with Gasteiger partial charge in [-0.25, -0.2) is 27.1 Å². The van der Waals surface area contributed by atoms with Gasteiger partial charge in [0.1, 0.15) is 0 Å². The van der Waals surface area contributed by atoms with Crippen LogP contribution in [0.25, 0.3) is 0 Å². The molecule has 0 radical (unpaired) electrons. The SMILES string of the molecule is CCOC1(O[Si](C)(C)C)CC1.NS(=O)(=O)C1CCN(C2CC2)C1.NS(=O)(=O)C1CCNC1. The molecule has 4 aliphatic rings. The first-order valence-electron chi connectivity index (χ1n) is 11.5. The van der Waals surface area contributed by atoms with Crippen LogP contribution in [0.1, 0.15) is 45.4 Å². The molecular formula is C19H42N4O6S2Si. The minimum Gasteiger partial charge on any atom is -0.391 e. The zero-order chi connectivity index (χ0) is 24.2. The number of nitrogens with two attached hydrogens (primary N) is 2. The molecular weight excluding hydrogens is 472 g/mol. The Balaban J connectivity index is 0.000000172. The van der Waals surface area contributed by atoms with Gasteiger partial charge in [0.05, 0.1) is 10.5 Å². The zero-order valence-electron chi connectivity index (χ0n) is 19.9. The maximum atomic E-state index is 11.0. The number of likely N-dealkylation sites (tertiary alicyclic amines) is 1. The van der Waals surface area contributed by atoms with E-state index < -0.39 is 28.4 Å². The van der Waals surface area contributed by atoms with E-state index in [0.29, 0.717) is 25.6 Å². The fraction of sp³-hybridized carbons (Fsp3) is 1.00. The van der Waals surface area contributed by atoms with E-state index >= 15 is 0 Å². The Morgan fingerprint density at radius 2 is 1.59 bits per heavy atom. The predicted octanol–water partition coefficient (Wildman–Crippen LogP) is 0.513. The maximum absolute atomic E-state index is 11.0. The van der Waals surface area contributed by atoms with Crippen molar-refractivity contribution in [3.05, 3.63) is 0 Å². The smallest absolute Gasteiger partial charge is 0.213 e. The highest BCUT2D eigenvalue weighted by atomic mass is 32.2. The number of sulfonamides is 2. The molecule has 4 fully saturated rings. The van der Waals surface area contributed by atoms with Crippen molar-refractivity contribution >= 4 is 28.4 Å². The van der Waals surface area contributed by atoms with Gasteiger partial charge in [0.15, 0.2) is 14.1 Å². The van der Waals surface area contributed by atoms with Crippen LogP contribution in [-0.4, -0.2) is 85.2 Å². The summed E-state index contributed by atoms with van der Waals surface area (Å²) in [6.07, 6.45) is 6.01. The largest absolute Gasteiger partial charge is 0.391 e. The van der Waals surface area contributed by atoms with Crippen LogP contribution in [0.15, 0.2) is 0 Å². The summed E-state index contributed by atoms with van der Waals surface area (Å²) in [5, 5.41) is 12.2. The Bertz CT molecular complexity index is 804. The Hall–Kier alpha value is -0.123. The molecule has 2 aliphatic heterocycles. The standard InChI is InChI=1S/C8H18O2Si.C7H14N2O2S.C4H10N2O2S/c1-5-9-8(6-7-8)10-11(2,3)4;8-12(10,11)7-3-4-9(5-7)6-1-2-6;5-9(7,8)4-1-2-6-3-4/h5-7H2,1-4H3;6-7H,1-5H2,(H2,8,10,11);4,6H,1-3H2,(H2,5,7,8). The summed E-state index contributed by atoms with van der Waals surface area (Å²) in [6.45, 7) is 12.2. The van der Waals surface area contributed by atoms with Crippen molar-refractivity contribution in [3.63, 3.8) is 0 Å².